The number of hydrogen-bond acceptors (Lipinski definition) is 3. The third-order valence-corrected chi connectivity index (χ3v) is 5.30. The van der Waals surface area contributed by atoms with Crippen LogP contribution in [0.2, 0.25) is 0 Å². The molecule has 2 aliphatic rings. The number of likely N-dealkylation sites (tertiary alicyclic amines) is 1. The monoisotopic (exact) mass is 338 g/mol. The zero-order valence-corrected chi connectivity index (χ0v) is 16.4. The highest BCUT2D eigenvalue weighted by Crippen LogP contribution is 2.34. The van der Waals surface area contributed by atoms with Crippen molar-refractivity contribution in [2.75, 3.05) is 39.8 Å². The number of nitrogens with zero attached hydrogens (tertiary/aromatic N) is 2. The number of aliphatic imine (C=N–C) groups is 1. The lowest BCUT2D eigenvalue weighted by atomic mass is 9.78. The van der Waals surface area contributed by atoms with Gasteiger partial charge in [-0.1, -0.05) is 20.8 Å². The molecule has 3 atom stereocenters. The molecular weight excluding hydrogens is 300 g/mol. The van der Waals surface area contributed by atoms with E-state index in [0.717, 1.165) is 38.6 Å². The number of likely N-dealkylation sites (N-methyl/N-ethyl adjacent to an activating group) is 1. The van der Waals surface area contributed by atoms with Gasteiger partial charge in [-0.2, -0.15) is 0 Å². The van der Waals surface area contributed by atoms with Crippen molar-refractivity contribution < 1.29 is 4.74 Å². The van der Waals surface area contributed by atoms with Crippen molar-refractivity contribution in [2.45, 2.75) is 65.5 Å². The van der Waals surface area contributed by atoms with Gasteiger partial charge in [0.25, 0.3) is 0 Å². The summed E-state index contributed by atoms with van der Waals surface area (Å²) in [5.41, 5.74) is 0.180. The highest BCUT2D eigenvalue weighted by atomic mass is 16.5. The molecule has 0 aliphatic carbocycles. The Morgan fingerprint density at radius 1 is 1.21 bits per heavy atom. The fraction of sp³-hybridized carbons (Fsp3) is 0.947. The summed E-state index contributed by atoms with van der Waals surface area (Å²) in [6.45, 7) is 13.8. The molecule has 2 aliphatic heterocycles. The van der Waals surface area contributed by atoms with Crippen molar-refractivity contribution in [2.24, 2.45) is 16.3 Å². The van der Waals surface area contributed by atoms with E-state index in [2.05, 4.69) is 50.3 Å². The van der Waals surface area contributed by atoms with Crippen molar-refractivity contribution in [3.8, 4) is 0 Å². The van der Waals surface area contributed by atoms with Crippen LogP contribution in [-0.4, -0.2) is 62.8 Å². The molecule has 0 aromatic carbocycles. The van der Waals surface area contributed by atoms with Gasteiger partial charge < -0.3 is 20.3 Å². The molecule has 2 rings (SSSR count). The lowest BCUT2D eigenvalue weighted by Gasteiger charge is -2.39. The van der Waals surface area contributed by atoms with Crippen LogP contribution in [0.25, 0.3) is 0 Å². The zero-order chi connectivity index (χ0) is 17.6. The SMILES string of the molecule is CCNC(=NCC1CCCOC1C(C)(C)C)NCC1CCCN1C. The second kappa shape index (κ2) is 9.04. The minimum absolute atomic E-state index is 0.180. The topological polar surface area (TPSA) is 48.9 Å². The van der Waals surface area contributed by atoms with Gasteiger partial charge in [0.1, 0.15) is 0 Å². The Labute approximate surface area is 148 Å². The van der Waals surface area contributed by atoms with Gasteiger partial charge >= 0.3 is 0 Å². The van der Waals surface area contributed by atoms with Gasteiger partial charge in [-0.05, 0) is 51.6 Å². The molecule has 5 nitrogen and oxygen atoms in total. The molecule has 0 aromatic rings. The molecule has 0 amide bonds. The summed E-state index contributed by atoms with van der Waals surface area (Å²) in [4.78, 5) is 7.33. The fourth-order valence-corrected chi connectivity index (χ4v) is 3.99. The maximum atomic E-state index is 6.09. The number of hydrogen-bond donors (Lipinski definition) is 2. The molecule has 24 heavy (non-hydrogen) atoms. The first-order valence-electron chi connectivity index (χ1n) is 9.76. The van der Waals surface area contributed by atoms with E-state index in [-0.39, 0.29) is 5.41 Å². The first-order valence-corrected chi connectivity index (χ1v) is 9.76. The third-order valence-electron chi connectivity index (χ3n) is 5.30. The maximum Gasteiger partial charge on any atom is 0.191 e. The summed E-state index contributed by atoms with van der Waals surface area (Å²) in [6.07, 6.45) is 5.27. The Morgan fingerprint density at radius 2 is 2.00 bits per heavy atom. The van der Waals surface area contributed by atoms with E-state index in [1.807, 2.05) is 0 Å². The normalized spacial score (nSPS) is 29.7. The highest BCUT2D eigenvalue weighted by molar-refractivity contribution is 5.79. The maximum absolute atomic E-state index is 6.09. The van der Waals surface area contributed by atoms with E-state index in [0.29, 0.717) is 18.1 Å². The summed E-state index contributed by atoms with van der Waals surface area (Å²) in [5.74, 6) is 1.47. The van der Waals surface area contributed by atoms with Crippen molar-refractivity contribution >= 4 is 5.96 Å². The Kier molecular flexibility index (Phi) is 7.35. The van der Waals surface area contributed by atoms with Crippen LogP contribution in [0.4, 0.5) is 0 Å². The van der Waals surface area contributed by atoms with Crippen LogP contribution in [0.15, 0.2) is 4.99 Å². The Bertz CT molecular complexity index is 405. The van der Waals surface area contributed by atoms with Crippen molar-refractivity contribution in [1.82, 2.24) is 15.5 Å². The average molecular weight is 339 g/mol. The quantitative estimate of drug-likeness (QED) is 0.597. The summed E-state index contributed by atoms with van der Waals surface area (Å²) < 4.78 is 6.09. The Hall–Kier alpha value is -0.810. The van der Waals surface area contributed by atoms with E-state index >= 15 is 0 Å². The number of nitrogens with one attached hydrogen (secondary N) is 2. The lowest BCUT2D eigenvalue weighted by molar-refractivity contribution is -0.0823. The van der Waals surface area contributed by atoms with Crippen molar-refractivity contribution in [3.05, 3.63) is 0 Å². The molecule has 0 aromatic heterocycles. The van der Waals surface area contributed by atoms with Gasteiger partial charge in [0.05, 0.1) is 6.10 Å². The molecule has 5 heteroatoms. The molecule has 3 unspecified atom stereocenters. The highest BCUT2D eigenvalue weighted by Gasteiger charge is 2.35. The van der Waals surface area contributed by atoms with Gasteiger partial charge in [-0.15, -0.1) is 0 Å². The van der Waals surface area contributed by atoms with Gasteiger partial charge in [-0.25, -0.2) is 0 Å². The minimum Gasteiger partial charge on any atom is -0.377 e. The Morgan fingerprint density at radius 3 is 2.62 bits per heavy atom. The minimum atomic E-state index is 0.180. The first kappa shape index (κ1) is 19.5. The fourth-order valence-electron chi connectivity index (χ4n) is 3.99. The summed E-state index contributed by atoms with van der Waals surface area (Å²) in [6, 6.07) is 0.634. The number of guanidine groups is 1. The predicted octanol–water partition coefficient (Wildman–Crippen LogP) is 2.48. The third kappa shape index (κ3) is 5.62. The average Bonchev–Trinajstić information content (AvgIpc) is 2.94. The molecule has 0 radical (unpaired) electrons. The molecule has 2 N–H and O–H groups in total. The summed E-state index contributed by atoms with van der Waals surface area (Å²) in [5, 5.41) is 6.94. The molecule has 0 saturated carbocycles. The van der Waals surface area contributed by atoms with E-state index in [4.69, 9.17) is 9.73 Å². The van der Waals surface area contributed by atoms with Crippen LogP contribution in [0.5, 0.6) is 0 Å². The van der Waals surface area contributed by atoms with Crippen molar-refractivity contribution in [3.63, 3.8) is 0 Å². The molecule has 0 bridgehead atoms. The number of ether oxygens (including phenoxy) is 1. The molecule has 2 heterocycles. The molecule has 2 fully saturated rings. The van der Waals surface area contributed by atoms with E-state index in [1.54, 1.807) is 0 Å². The summed E-state index contributed by atoms with van der Waals surface area (Å²) in [7, 11) is 2.22. The predicted molar refractivity (Wildman–Crippen MR) is 102 cm³/mol. The molecule has 2 saturated heterocycles. The van der Waals surface area contributed by atoms with Crippen LogP contribution < -0.4 is 10.6 Å². The first-order chi connectivity index (χ1) is 11.4. The lowest BCUT2D eigenvalue weighted by Crippen LogP contribution is -2.45. The molecule has 140 valence electrons. The van der Waals surface area contributed by atoms with Crippen LogP contribution in [-0.2, 0) is 4.74 Å². The second-order valence-electron chi connectivity index (χ2n) is 8.44. The standard InChI is InChI=1S/C19H38N4O/c1-6-20-18(22-14-16-10-7-11-23(16)5)21-13-15-9-8-12-24-17(15)19(2,3)4/h15-17H,6-14H2,1-5H3,(H2,20,21,22). The van der Waals surface area contributed by atoms with E-state index < -0.39 is 0 Å². The van der Waals surface area contributed by atoms with E-state index in [1.165, 1.54) is 25.8 Å². The van der Waals surface area contributed by atoms with Crippen LogP contribution in [0, 0.1) is 11.3 Å². The van der Waals surface area contributed by atoms with Crippen LogP contribution in [0.1, 0.15) is 53.4 Å². The second-order valence-corrected chi connectivity index (χ2v) is 8.44. The zero-order valence-electron chi connectivity index (χ0n) is 16.4. The summed E-state index contributed by atoms with van der Waals surface area (Å²) >= 11 is 0. The largest absolute Gasteiger partial charge is 0.377 e. The van der Waals surface area contributed by atoms with Gasteiger partial charge in [0, 0.05) is 38.2 Å². The Balaban J connectivity index is 1.91. The van der Waals surface area contributed by atoms with Gasteiger partial charge in [0.15, 0.2) is 5.96 Å². The molecule has 0 spiro atoms. The smallest absolute Gasteiger partial charge is 0.191 e. The number of rotatable bonds is 5. The van der Waals surface area contributed by atoms with Gasteiger partial charge in [-0.3, -0.25) is 4.99 Å². The van der Waals surface area contributed by atoms with Gasteiger partial charge in [0.2, 0.25) is 0 Å². The van der Waals surface area contributed by atoms with Crippen molar-refractivity contribution in [1.29, 1.82) is 0 Å². The van der Waals surface area contributed by atoms with E-state index in [9.17, 15) is 0 Å². The molecular formula is C19H38N4O. The van der Waals surface area contributed by atoms with Crippen LogP contribution in [0.3, 0.4) is 0 Å². The van der Waals surface area contributed by atoms with Crippen LogP contribution >= 0.6 is 0 Å².